The van der Waals surface area contributed by atoms with Gasteiger partial charge in [0.15, 0.2) is 0 Å². The minimum Gasteiger partial charge on any atom is -0.450 e. The van der Waals surface area contributed by atoms with Crippen molar-refractivity contribution in [3.63, 3.8) is 0 Å². The van der Waals surface area contributed by atoms with Gasteiger partial charge in [0.05, 0.1) is 13.2 Å². The van der Waals surface area contributed by atoms with Gasteiger partial charge >= 0.3 is 12.3 Å². The van der Waals surface area contributed by atoms with Crippen molar-refractivity contribution in [3.8, 4) is 0 Å². The van der Waals surface area contributed by atoms with Crippen LogP contribution in [0.15, 0.2) is 13.2 Å². The molecule has 0 saturated heterocycles. The molecular formula is C8H16O8. The highest BCUT2D eigenvalue weighted by Crippen LogP contribution is 1.79. The van der Waals surface area contributed by atoms with Crippen molar-refractivity contribution in [2.24, 2.45) is 0 Å². The predicted molar refractivity (Wildman–Crippen MR) is 53.4 cm³/mol. The van der Waals surface area contributed by atoms with Gasteiger partial charge in [0, 0.05) is 0 Å². The first kappa shape index (κ1) is 19.7. The maximum atomic E-state index is 9.62. The maximum absolute atomic E-state index is 9.62. The van der Waals surface area contributed by atoms with Gasteiger partial charge in [0.2, 0.25) is 0 Å². The van der Waals surface area contributed by atoms with Crippen molar-refractivity contribution in [3.05, 3.63) is 13.2 Å². The Balaban J connectivity index is -0.000000237. The van der Waals surface area contributed by atoms with Crippen LogP contribution < -0.4 is 0 Å². The van der Waals surface area contributed by atoms with E-state index in [9.17, 15) is 9.59 Å². The van der Waals surface area contributed by atoms with Crippen LogP contribution in [0.5, 0.6) is 0 Å². The molecule has 0 aliphatic heterocycles. The van der Waals surface area contributed by atoms with Crippen molar-refractivity contribution >= 4 is 12.3 Å². The van der Waals surface area contributed by atoms with E-state index in [4.69, 9.17) is 20.4 Å². The van der Waals surface area contributed by atoms with E-state index in [2.05, 4.69) is 22.6 Å². The Morgan fingerprint density at radius 2 is 1.12 bits per heavy atom. The van der Waals surface area contributed by atoms with E-state index in [1.165, 1.54) is 0 Å². The highest BCUT2D eigenvalue weighted by molar-refractivity contribution is 5.57. The molecule has 0 rings (SSSR count). The zero-order valence-electron chi connectivity index (χ0n) is 8.66. The van der Waals surface area contributed by atoms with Crippen LogP contribution in [0.3, 0.4) is 0 Å². The molecule has 4 N–H and O–H groups in total. The number of rotatable bonds is 4. The number of hydrogen-bond donors (Lipinski definition) is 4. The van der Waals surface area contributed by atoms with E-state index in [1.807, 2.05) is 0 Å². The summed E-state index contributed by atoms with van der Waals surface area (Å²) in [6.07, 6.45) is -2.90. The molecule has 0 saturated carbocycles. The van der Waals surface area contributed by atoms with Gasteiger partial charge in [0.1, 0.15) is 13.2 Å². The van der Waals surface area contributed by atoms with E-state index in [-0.39, 0.29) is 26.4 Å². The van der Waals surface area contributed by atoms with Gasteiger partial charge in [-0.15, -0.1) is 13.2 Å². The second-order valence-corrected chi connectivity index (χ2v) is 1.68. The molecule has 0 heterocycles. The zero-order chi connectivity index (χ0) is 13.4. The molecule has 0 aromatic carbocycles. The van der Waals surface area contributed by atoms with Crippen LogP contribution in [0.25, 0.3) is 0 Å². The fourth-order valence-electron chi connectivity index (χ4n) is 0.258. The first-order valence-electron chi connectivity index (χ1n) is 3.97. The third kappa shape index (κ3) is 39.8. The van der Waals surface area contributed by atoms with E-state index < -0.39 is 12.3 Å². The normalized spacial score (nSPS) is 7.38. The fourth-order valence-corrected chi connectivity index (χ4v) is 0.258. The molecule has 0 bridgehead atoms. The highest BCUT2D eigenvalue weighted by atomic mass is 16.7. The molecule has 0 spiro atoms. The van der Waals surface area contributed by atoms with Crippen LogP contribution in [-0.2, 0) is 9.47 Å². The van der Waals surface area contributed by atoms with Gasteiger partial charge in [-0.2, -0.15) is 0 Å². The summed E-state index contributed by atoms with van der Waals surface area (Å²) in [6, 6.07) is 0. The smallest absolute Gasteiger partial charge is 0.450 e. The third-order valence-electron chi connectivity index (χ3n) is 0.634. The van der Waals surface area contributed by atoms with E-state index in [0.29, 0.717) is 0 Å². The van der Waals surface area contributed by atoms with Crippen molar-refractivity contribution in [1.29, 1.82) is 0 Å². The first-order chi connectivity index (χ1) is 7.54. The Morgan fingerprint density at radius 3 is 1.25 bits per heavy atom. The van der Waals surface area contributed by atoms with Crippen LogP contribution in [0.2, 0.25) is 0 Å². The van der Waals surface area contributed by atoms with Gasteiger partial charge in [-0.05, 0) is 0 Å². The maximum Gasteiger partial charge on any atom is 0.505 e. The van der Waals surface area contributed by atoms with Gasteiger partial charge in [0.25, 0.3) is 0 Å². The standard InChI is InChI=1S/C4H6O6.C2H6O2.C2H4/c5-3(6)9-1-2-10-4(7)8;3-1-2-4;1-2/h1-2H2,(H,5,6)(H,7,8);3-4H,1-2H2;1-2H2. The Bertz CT molecular complexity index is 151. The third-order valence-corrected chi connectivity index (χ3v) is 0.634. The minimum atomic E-state index is -1.45. The lowest BCUT2D eigenvalue weighted by Crippen LogP contribution is -2.10. The van der Waals surface area contributed by atoms with E-state index >= 15 is 0 Å². The zero-order valence-corrected chi connectivity index (χ0v) is 8.66. The Hall–Kier alpha value is -1.80. The molecule has 0 aromatic rings. The van der Waals surface area contributed by atoms with Gasteiger partial charge < -0.3 is 29.9 Å². The van der Waals surface area contributed by atoms with Gasteiger partial charge in [-0.25, -0.2) is 9.59 Å². The molecule has 0 aromatic heterocycles. The summed E-state index contributed by atoms with van der Waals surface area (Å²) in [6.45, 7) is 5.20. The van der Waals surface area contributed by atoms with Crippen molar-refractivity contribution in [2.45, 2.75) is 0 Å². The molecule has 16 heavy (non-hydrogen) atoms. The number of aliphatic hydroxyl groups is 2. The second-order valence-electron chi connectivity index (χ2n) is 1.68. The quantitative estimate of drug-likeness (QED) is 0.310. The lowest BCUT2D eigenvalue weighted by molar-refractivity contribution is 0.0472. The number of carbonyl (C=O) groups is 2. The number of aliphatic hydroxyl groups excluding tert-OH is 2. The molecule has 0 aliphatic rings. The summed E-state index contributed by atoms with van der Waals surface area (Å²) < 4.78 is 7.84. The molecule has 0 atom stereocenters. The lowest BCUT2D eigenvalue weighted by atomic mass is 10.8. The largest absolute Gasteiger partial charge is 0.505 e. The topological polar surface area (TPSA) is 134 Å². The molecular weight excluding hydrogens is 224 g/mol. The summed E-state index contributed by atoms with van der Waals surface area (Å²) in [5.74, 6) is 0. The van der Waals surface area contributed by atoms with Gasteiger partial charge in [-0.1, -0.05) is 0 Å². The first-order valence-corrected chi connectivity index (χ1v) is 3.97. The molecule has 0 fully saturated rings. The van der Waals surface area contributed by atoms with E-state index in [0.717, 1.165) is 0 Å². The van der Waals surface area contributed by atoms with Crippen LogP contribution >= 0.6 is 0 Å². The summed E-state index contributed by atoms with van der Waals surface area (Å²) in [4.78, 5) is 19.2. The Kier molecular flexibility index (Phi) is 23.3. The molecule has 0 amide bonds. The lowest BCUT2D eigenvalue weighted by Gasteiger charge is -1.98. The molecule has 0 unspecified atom stereocenters. The number of hydrogen-bond acceptors (Lipinski definition) is 6. The van der Waals surface area contributed by atoms with Crippen molar-refractivity contribution in [2.75, 3.05) is 26.4 Å². The fraction of sp³-hybridized carbons (Fsp3) is 0.500. The van der Waals surface area contributed by atoms with Crippen LogP contribution in [0, 0.1) is 0 Å². The average molecular weight is 240 g/mol. The van der Waals surface area contributed by atoms with Gasteiger partial charge in [-0.3, -0.25) is 0 Å². The highest BCUT2D eigenvalue weighted by Gasteiger charge is 1.98. The molecule has 0 radical (unpaired) electrons. The Labute approximate surface area is 92.3 Å². The Morgan fingerprint density at radius 1 is 0.875 bits per heavy atom. The number of ether oxygens (including phenoxy) is 2. The van der Waals surface area contributed by atoms with Crippen molar-refractivity contribution < 1.29 is 39.5 Å². The summed E-state index contributed by atoms with van der Waals surface area (Å²) in [5.41, 5.74) is 0. The molecule has 96 valence electrons. The van der Waals surface area contributed by atoms with Crippen LogP contribution in [0.4, 0.5) is 9.59 Å². The summed E-state index contributed by atoms with van der Waals surface area (Å²) in [7, 11) is 0. The summed E-state index contributed by atoms with van der Waals surface area (Å²) >= 11 is 0. The second kappa shape index (κ2) is 18.9. The number of carboxylic acid groups (broad SMARTS) is 2. The van der Waals surface area contributed by atoms with Crippen LogP contribution in [-0.4, -0.2) is 59.2 Å². The van der Waals surface area contributed by atoms with Crippen molar-refractivity contribution in [1.82, 2.24) is 0 Å². The van der Waals surface area contributed by atoms with Crippen LogP contribution in [0.1, 0.15) is 0 Å². The van der Waals surface area contributed by atoms with E-state index in [1.54, 1.807) is 0 Å². The monoisotopic (exact) mass is 240 g/mol. The summed E-state index contributed by atoms with van der Waals surface area (Å²) in [5, 5.41) is 31.0. The molecule has 0 aliphatic carbocycles. The molecule has 8 nitrogen and oxygen atoms in total. The predicted octanol–water partition coefficient (Wildman–Crippen LogP) is 0.149. The minimum absolute atomic E-state index is 0.125. The molecule has 8 heteroatoms. The SMILES string of the molecule is C=C.O=C(O)OCCOC(=O)O.OCCO. The average Bonchev–Trinajstić information content (AvgIpc) is 2.27.